The smallest absolute Gasteiger partial charge is 0.231 e. The van der Waals surface area contributed by atoms with Gasteiger partial charge in [-0.05, 0) is 29.9 Å². The quantitative estimate of drug-likeness (QED) is 0.468. The summed E-state index contributed by atoms with van der Waals surface area (Å²) >= 11 is 0. The first-order valence-corrected chi connectivity index (χ1v) is 10.2. The number of para-hydroxylation sites is 2. The number of carbonyl (C=O) groups is 1. The molecule has 0 bridgehead atoms. The van der Waals surface area contributed by atoms with Crippen molar-refractivity contribution in [1.82, 2.24) is 15.0 Å². The molecule has 4 aromatic rings. The molecule has 0 unspecified atom stereocenters. The molecule has 1 fully saturated rings. The molecule has 7 nitrogen and oxygen atoms in total. The Morgan fingerprint density at radius 3 is 2.65 bits per heavy atom. The summed E-state index contributed by atoms with van der Waals surface area (Å²) in [5.41, 5.74) is 2.10. The maximum atomic E-state index is 13.3. The number of benzene rings is 1. The Morgan fingerprint density at radius 2 is 1.94 bits per heavy atom. The lowest BCUT2D eigenvalue weighted by Crippen LogP contribution is -2.40. The summed E-state index contributed by atoms with van der Waals surface area (Å²) in [7, 11) is 6.13. The molecule has 3 heterocycles. The van der Waals surface area contributed by atoms with E-state index in [1.54, 1.807) is 18.5 Å². The van der Waals surface area contributed by atoms with E-state index in [0.29, 0.717) is 28.7 Å². The van der Waals surface area contributed by atoms with Gasteiger partial charge in [-0.15, -0.1) is 0 Å². The average molecular weight is 413 g/mol. The maximum Gasteiger partial charge on any atom is 0.231 e. The third kappa shape index (κ3) is 3.87. The lowest BCUT2D eigenvalue weighted by molar-refractivity contribution is -0.117. The highest BCUT2D eigenvalue weighted by Gasteiger charge is 2.43. The van der Waals surface area contributed by atoms with Gasteiger partial charge in [-0.25, -0.2) is 19.3 Å². The number of alkyl halides is 1. The summed E-state index contributed by atoms with van der Waals surface area (Å²) in [6, 6.07) is 9.27. The highest BCUT2D eigenvalue weighted by atomic mass is 19.1. The molecule has 0 saturated heterocycles. The Bertz CT molecular complexity index is 1290. The number of rotatable bonds is 5. The number of aromatic nitrogens is 3. The lowest BCUT2D eigenvalue weighted by atomic mass is 9.49. The van der Waals surface area contributed by atoms with Crippen molar-refractivity contribution in [1.29, 1.82) is 0 Å². The van der Waals surface area contributed by atoms with Crippen molar-refractivity contribution < 1.29 is 13.6 Å². The highest BCUT2D eigenvalue weighted by Crippen LogP contribution is 2.36. The van der Waals surface area contributed by atoms with Crippen molar-refractivity contribution in [2.45, 2.75) is 17.8 Å². The number of hydrogen-bond donors (Lipinski definition) is 2. The van der Waals surface area contributed by atoms with E-state index in [1.165, 1.54) is 0 Å². The molecule has 3 aromatic heterocycles. The third-order valence-electron chi connectivity index (χ3n) is 5.09. The van der Waals surface area contributed by atoms with Crippen molar-refractivity contribution in [3.63, 3.8) is 0 Å². The zero-order valence-electron chi connectivity index (χ0n) is 17.4. The third-order valence-corrected chi connectivity index (χ3v) is 5.09. The van der Waals surface area contributed by atoms with Crippen LogP contribution in [-0.2, 0) is 4.79 Å². The number of pyridine rings is 2. The second-order valence-corrected chi connectivity index (χ2v) is 8.84. The number of fused-ring (bicyclic) bond motifs is 2. The van der Waals surface area contributed by atoms with Crippen LogP contribution < -0.4 is 10.6 Å². The minimum atomic E-state index is -1.07. The van der Waals surface area contributed by atoms with Crippen molar-refractivity contribution in [2.24, 2.45) is 5.92 Å². The van der Waals surface area contributed by atoms with Gasteiger partial charge < -0.3 is 15.1 Å². The first-order chi connectivity index (χ1) is 14.8. The van der Waals surface area contributed by atoms with Gasteiger partial charge in [0, 0.05) is 23.2 Å². The van der Waals surface area contributed by atoms with E-state index in [0.717, 1.165) is 16.3 Å². The predicted octanol–water partition coefficient (Wildman–Crippen LogP) is 0.657. The van der Waals surface area contributed by atoms with Crippen molar-refractivity contribution in [3.8, 4) is 11.5 Å². The lowest BCUT2D eigenvalue weighted by Gasteiger charge is -2.23. The van der Waals surface area contributed by atoms with E-state index in [-0.39, 0.29) is 17.6 Å². The molecule has 0 aliphatic heterocycles. The fraction of sp³-hybridized carbons (Fsp3) is 0.200. The van der Waals surface area contributed by atoms with Crippen LogP contribution in [0.15, 0.2) is 47.1 Å². The van der Waals surface area contributed by atoms with Crippen LogP contribution in [-0.4, -0.2) is 55.8 Å². The largest absolute Gasteiger partial charge is 0.436 e. The van der Waals surface area contributed by atoms with Gasteiger partial charge >= 0.3 is 0 Å². The fourth-order valence-corrected chi connectivity index (χ4v) is 3.47. The van der Waals surface area contributed by atoms with Crippen molar-refractivity contribution >= 4 is 63.0 Å². The molecule has 2 N–H and O–H groups in total. The first-order valence-electron chi connectivity index (χ1n) is 10.2. The van der Waals surface area contributed by atoms with Crippen LogP contribution >= 0.6 is 0 Å². The molecule has 2 atom stereocenters. The van der Waals surface area contributed by atoms with Crippen LogP contribution in [0.1, 0.15) is 6.42 Å². The Morgan fingerprint density at radius 1 is 1.16 bits per heavy atom. The minimum Gasteiger partial charge on any atom is -0.436 e. The number of hydrogen-bond acceptors (Lipinski definition) is 6. The number of amides is 1. The van der Waals surface area contributed by atoms with Gasteiger partial charge in [0.05, 0.1) is 11.5 Å². The number of halogens is 1. The monoisotopic (exact) mass is 413 g/mol. The molecule has 0 spiro atoms. The van der Waals surface area contributed by atoms with Crippen LogP contribution in [0.4, 0.5) is 16.0 Å². The topological polar surface area (TPSA) is 92.9 Å². The average Bonchev–Trinajstić information content (AvgIpc) is 3.29. The first kappa shape index (κ1) is 19.6. The van der Waals surface area contributed by atoms with Gasteiger partial charge in [-0.3, -0.25) is 4.79 Å². The molecule has 1 aromatic carbocycles. The van der Waals surface area contributed by atoms with Gasteiger partial charge in [0.2, 0.25) is 11.8 Å². The van der Waals surface area contributed by atoms with Gasteiger partial charge in [0.15, 0.2) is 5.58 Å². The van der Waals surface area contributed by atoms with Crippen LogP contribution in [0, 0.1) is 5.92 Å². The van der Waals surface area contributed by atoms with Crippen LogP contribution in [0.3, 0.4) is 0 Å². The normalized spacial score (nSPS) is 18.2. The number of nitrogens with one attached hydrogen (secondary N) is 2. The molecule has 1 aliphatic carbocycles. The molecule has 5 rings (SSSR count). The van der Waals surface area contributed by atoms with Gasteiger partial charge in [-0.2, -0.15) is 0 Å². The maximum absolute atomic E-state index is 13.3. The van der Waals surface area contributed by atoms with Crippen LogP contribution in [0.2, 0.25) is 0 Å². The van der Waals surface area contributed by atoms with Gasteiger partial charge in [0.1, 0.15) is 46.9 Å². The van der Waals surface area contributed by atoms with E-state index >= 15 is 0 Å². The van der Waals surface area contributed by atoms with E-state index in [4.69, 9.17) is 4.42 Å². The van der Waals surface area contributed by atoms with Crippen molar-refractivity contribution in [2.75, 3.05) is 10.6 Å². The fourth-order valence-electron chi connectivity index (χ4n) is 3.47. The Kier molecular flexibility index (Phi) is 4.50. The summed E-state index contributed by atoms with van der Waals surface area (Å²) in [5, 5.41) is 7.42. The number of nitrogens with zero attached hydrogens (tertiary/aromatic N) is 3. The Labute approximate surface area is 180 Å². The number of oxazole rings is 1. The minimum absolute atomic E-state index is 0.214. The molecular formula is C20H19B3FN5O2. The molecule has 152 valence electrons. The van der Waals surface area contributed by atoms with Crippen molar-refractivity contribution in [3.05, 3.63) is 42.7 Å². The van der Waals surface area contributed by atoms with Crippen LogP contribution in [0.25, 0.3) is 33.3 Å². The molecule has 1 aliphatic rings. The molecule has 11 heteroatoms. The zero-order valence-corrected chi connectivity index (χ0v) is 17.4. The summed E-state index contributed by atoms with van der Waals surface area (Å²) in [6.07, 6.45) is 2.54. The second-order valence-electron chi connectivity index (χ2n) is 8.84. The molecular weight excluding hydrogens is 394 g/mol. The molecule has 1 amide bonds. The second kappa shape index (κ2) is 7.11. The van der Waals surface area contributed by atoms with E-state index < -0.39 is 12.1 Å². The molecule has 1 saturated carbocycles. The zero-order chi connectivity index (χ0) is 21.8. The number of carbonyl (C=O) groups excluding carboxylic acids is 1. The van der Waals surface area contributed by atoms with E-state index in [2.05, 4.69) is 25.6 Å². The predicted molar refractivity (Wildman–Crippen MR) is 126 cm³/mol. The number of anilines is 2. The van der Waals surface area contributed by atoms with E-state index in [9.17, 15) is 9.18 Å². The SMILES string of the molecule is BC(B)(B)Nc1ncc(-c2nc3ccccc3o2)c2cc(NC(=O)[C@@H]3C[C@H]3F)ncc12. The van der Waals surface area contributed by atoms with Crippen LogP contribution in [0.5, 0.6) is 0 Å². The molecule has 0 radical (unpaired) electrons. The Hall–Kier alpha value is -3.36. The standard InChI is InChI=1S/C20H19B3FN5O2/c21-20(22,23)29-17-11-7-25-16(28-18(30)10-5-13(10)24)6-9(11)12(8-26-17)19-27-14-3-1-2-4-15(14)31-19/h1-4,6-8,10,13H,5,21-23H2,(H,26,29)(H,25,28,30)/t10-,13-/m1/s1. The highest BCUT2D eigenvalue weighted by molar-refractivity contribution is 6.60. The van der Waals surface area contributed by atoms with Gasteiger partial charge in [-0.1, -0.05) is 12.1 Å². The summed E-state index contributed by atoms with van der Waals surface area (Å²) in [5.74, 6) is 0.491. The van der Waals surface area contributed by atoms with Gasteiger partial charge in [0.25, 0.3) is 0 Å². The summed E-state index contributed by atoms with van der Waals surface area (Å²) in [4.78, 5) is 25.7. The summed E-state index contributed by atoms with van der Waals surface area (Å²) in [6.45, 7) is 0. The molecule has 31 heavy (non-hydrogen) atoms. The Balaban J connectivity index is 1.63. The summed E-state index contributed by atoms with van der Waals surface area (Å²) < 4.78 is 19.2. The van der Waals surface area contributed by atoms with E-state index in [1.807, 2.05) is 47.8 Å².